The molecule has 1 saturated carbocycles. The first kappa shape index (κ1) is 30.9. The van der Waals surface area contributed by atoms with Gasteiger partial charge in [-0.05, 0) is 71.3 Å². The summed E-state index contributed by atoms with van der Waals surface area (Å²) in [7, 11) is 1.43. The fourth-order valence-electron chi connectivity index (χ4n) is 5.39. The molecule has 9 nitrogen and oxygen atoms in total. The van der Waals surface area contributed by atoms with Crippen LogP contribution < -0.4 is 14.8 Å². The molecule has 0 aliphatic heterocycles. The molecule has 0 bridgehead atoms. The van der Waals surface area contributed by atoms with Crippen molar-refractivity contribution in [1.29, 1.82) is 0 Å². The van der Waals surface area contributed by atoms with Gasteiger partial charge in [-0.2, -0.15) is 0 Å². The summed E-state index contributed by atoms with van der Waals surface area (Å²) in [4.78, 5) is 39.9. The van der Waals surface area contributed by atoms with Gasteiger partial charge >= 0.3 is 0 Å². The van der Waals surface area contributed by atoms with E-state index in [1.807, 2.05) is 22.6 Å². The molecule has 0 heterocycles. The maximum absolute atomic E-state index is 13.9. The van der Waals surface area contributed by atoms with Gasteiger partial charge in [0.25, 0.3) is 0 Å². The largest absolute Gasteiger partial charge is 0.493 e. The molecular weight excluding hydrogens is 646 g/mol. The highest BCUT2D eigenvalue weighted by Gasteiger charge is 2.42. The number of benzene rings is 2. The Morgan fingerprint density at radius 2 is 1.90 bits per heavy atom. The van der Waals surface area contributed by atoms with Crippen LogP contribution in [-0.2, 0) is 16.1 Å². The molecule has 3 unspecified atom stereocenters. The number of aliphatic hydroxyl groups is 2. The highest BCUT2D eigenvalue weighted by Crippen LogP contribution is 2.38. The normalized spacial score (nSPS) is 20.7. The second kappa shape index (κ2) is 14.2. The summed E-state index contributed by atoms with van der Waals surface area (Å²) >= 11 is 2.00. The van der Waals surface area contributed by atoms with Crippen LogP contribution in [0.5, 0.6) is 11.5 Å². The number of aliphatic hydroxyl groups excluding tert-OH is 2. The van der Waals surface area contributed by atoms with Crippen molar-refractivity contribution in [2.75, 3.05) is 20.3 Å². The number of carbonyl (C=O) groups excluding carboxylic acids is 3. The third-order valence-corrected chi connectivity index (χ3v) is 8.31. The van der Waals surface area contributed by atoms with Crippen molar-refractivity contribution in [1.82, 2.24) is 10.2 Å². The van der Waals surface area contributed by atoms with Gasteiger partial charge in [0.05, 0.1) is 23.3 Å². The van der Waals surface area contributed by atoms with E-state index in [9.17, 15) is 29.0 Å². The first-order valence-electron chi connectivity index (χ1n) is 13.6. The van der Waals surface area contributed by atoms with E-state index in [1.165, 1.54) is 31.4 Å². The first-order valence-corrected chi connectivity index (χ1v) is 14.7. The van der Waals surface area contributed by atoms with E-state index in [1.54, 1.807) is 23.1 Å². The van der Waals surface area contributed by atoms with Gasteiger partial charge in [0.15, 0.2) is 11.5 Å². The summed E-state index contributed by atoms with van der Waals surface area (Å²) < 4.78 is 25.9. The third-order valence-electron chi connectivity index (χ3n) is 7.51. The maximum Gasteiger partial charge on any atom is 0.247 e. The van der Waals surface area contributed by atoms with Crippen LogP contribution in [0.3, 0.4) is 0 Å². The Balaban J connectivity index is 1.73. The molecular formula is C30H34FIN2O7. The Morgan fingerprint density at radius 1 is 1.20 bits per heavy atom. The Labute approximate surface area is 251 Å². The van der Waals surface area contributed by atoms with Gasteiger partial charge in [-0.15, -0.1) is 0 Å². The van der Waals surface area contributed by atoms with Gasteiger partial charge in [0.1, 0.15) is 24.3 Å². The average Bonchev–Trinajstić information content (AvgIpc) is 3.52. The number of halogens is 2. The van der Waals surface area contributed by atoms with E-state index in [0.29, 0.717) is 26.6 Å². The standard InChI is InChI=1S/C30H34FIN2O7/c1-40-26-13-19(17-36)12-23(32)28(26)41-25-15-21(29(38)33-10-11-35)14-24(27(25)37)34(30(39)20-4-2-3-5-20)16-18-6-8-22(31)9-7-18/h6-9,12-13,15,17,20,24-25,27,35,37H,2-5,10-11,14,16H2,1H3,(H,33,38). The summed E-state index contributed by atoms with van der Waals surface area (Å²) in [6.45, 7) is -0.0983. The second-order valence-electron chi connectivity index (χ2n) is 10.2. The van der Waals surface area contributed by atoms with Gasteiger partial charge in [0.2, 0.25) is 11.8 Å². The average molecular weight is 681 g/mol. The monoisotopic (exact) mass is 680 g/mol. The van der Waals surface area contributed by atoms with Crippen LogP contribution in [0.2, 0.25) is 0 Å². The van der Waals surface area contributed by atoms with Gasteiger partial charge in [-0.1, -0.05) is 25.0 Å². The molecule has 4 rings (SSSR count). The molecule has 3 N–H and O–H groups in total. The zero-order chi connectivity index (χ0) is 29.5. The minimum Gasteiger partial charge on any atom is -0.493 e. The smallest absolute Gasteiger partial charge is 0.247 e. The summed E-state index contributed by atoms with van der Waals surface area (Å²) in [5.74, 6) is -0.633. The number of methoxy groups -OCH3 is 1. The topological polar surface area (TPSA) is 125 Å². The molecule has 2 aromatic carbocycles. The Hall–Kier alpha value is -3.03. The van der Waals surface area contributed by atoms with E-state index in [-0.39, 0.29) is 49.4 Å². The molecule has 3 atom stereocenters. The molecule has 11 heteroatoms. The molecule has 0 spiro atoms. The van der Waals surface area contributed by atoms with Crippen molar-refractivity contribution in [3.8, 4) is 11.5 Å². The number of amides is 2. The van der Waals surface area contributed by atoms with Crippen LogP contribution in [0.4, 0.5) is 4.39 Å². The summed E-state index contributed by atoms with van der Waals surface area (Å²) in [6.07, 6.45) is 3.31. The van der Waals surface area contributed by atoms with Gasteiger partial charge < -0.3 is 29.9 Å². The van der Waals surface area contributed by atoms with Crippen LogP contribution in [0, 0.1) is 15.3 Å². The molecule has 0 saturated heterocycles. The fraction of sp³-hybridized carbons (Fsp3) is 0.433. The molecule has 0 aromatic heterocycles. The minimum absolute atomic E-state index is 0.0358. The molecule has 2 aliphatic carbocycles. The fourth-order valence-corrected chi connectivity index (χ4v) is 6.14. The Morgan fingerprint density at radius 3 is 2.54 bits per heavy atom. The Bertz CT molecular complexity index is 1280. The van der Waals surface area contributed by atoms with Crippen molar-refractivity contribution < 1.29 is 38.5 Å². The van der Waals surface area contributed by atoms with Gasteiger partial charge in [-0.25, -0.2) is 4.39 Å². The van der Waals surface area contributed by atoms with E-state index in [4.69, 9.17) is 9.47 Å². The van der Waals surface area contributed by atoms with Crippen LogP contribution in [0.15, 0.2) is 48.0 Å². The zero-order valence-corrected chi connectivity index (χ0v) is 24.9. The van der Waals surface area contributed by atoms with Crippen LogP contribution in [0.1, 0.15) is 48.0 Å². The lowest BCUT2D eigenvalue weighted by Crippen LogP contribution is -2.55. The number of hydrogen-bond acceptors (Lipinski definition) is 7. The van der Waals surface area contributed by atoms with Crippen LogP contribution >= 0.6 is 22.6 Å². The highest BCUT2D eigenvalue weighted by molar-refractivity contribution is 14.1. The molecule has 0 radical (unpaired) electrons. The number of hydrogen-bond donors (Lipinski definition) is 3. The van der Waals surface area contributed by atoms with E-state index >= 15 is 0 Å². The molecule has 1 fully saturated rings. The zero-order valence-electron chi connectivity index (χ0n) is 22.7. The Kier molecular flexibility index (Phi) is 10.7. The minimum atomic E-state index is -1.23. The summed E-state index contributed by atoms with van der Waals surface area (Å²) in [6, 6.07) is 8.13. The van der Waals surface area contributed by atoms with Crippen LogP contribution in [-0.4, -0.2) is 71.7 Å². The van der Waals surface area contributed by atoms with E-state index in [0.717, 1.165) is 25.7 Å². The van der Waals surface area contributed by atoms with Gasteiger partial charge in [-0.3, -0.25) is 14.4 Å². The van der Waals surface area contributed by atoms with Crippen molar-refractivity contribution >= 4 is 40.7 Å². The SMILES string of the molecule is COc1cc(C=O)cc(I)c1OC1C=C(C(=O)NCCO)CC(N(Cc2ccc(F)cc2)C(=O)C2CCCC2)C1O. The quantitative estimate of drug-likeness (QED) is 0.246. The van der Waals surface area contributed by atoms with Crippen molar-refractivity contribution in [3.05, 3.63) is 68.6 Å². The molecule has 2 aromatic rings. The number of ether oxygens (including phenoxy) is 2. The van der Waals surface area contributed by atoms with Crippen molar-refractivity contribution in [2.24, 2.45) is 5.92 Å². The number of rotatable bonds is 11. The van der Waals surface area contributed by atoms with E-state index < -0.39 is 30.0 Å². The first-order chi connectivity index (χ1) is 19.7. The maximum atomic E-state index is 13.9. The molecule has 2 amide bonds. The predicted octanol–water partition coefficient (Wildman–Crippen LogP) is 3.39. The van der Waals surface area contributed by atoms with Crippen molar-refractivity contribution in [2.45, 2.75) is 56.9 Å². The number of carbonyl (C=O) groups is 3. The predicted molar refractivity (Wildman–Crippen MR) is 157 cm³/mol. The van der Waals surface area contributed by atoms with E-state index in [2.05, 4.69) is 5.32 Å². The summed E-state index contributed by atoms with van der Waals surface area (Å²) in [5, 5.41) is 23.6. The third kappa shape index (κ3) is 7.44. The molecule has 2 aliphatic rings. The number of nitrogens with one attached hydrogen (secondary N) is 1. The lowest BCUT2D eigenvalue weighted by atomic mass is 9.87. The molecule has 220 valence electrons. The number of aldehydes is 1. The highest BCUT2D eigenvalue weighted by atomic mass is 127. The lowest BCUT2D eigenvalue weighted by Gasteiger charge is -2.41. The summed E-state index contributed by atoms with van der Waals surface area (Å²) in [5.41, 5.74) is 1.36. The van der Waals surface area contributed by atoms with Crippen molar-refractivity contribution in [3.63, 3.8) is 0 Å². The lowest BCUT2D eigenvalue weighted by molar-refractivity contribution is -0.143. The number of nitrogens with zero attached hydrogens (tertiary/aromatic N) is 1. The van der Waals surface area contributed by atoms with Crippen LogP contribution in [0.25, 0.3) is 0 Å². The molecule has 41 heavy (non-hydrogen) atoms. The second-order valence-corrected chi connectivity index (χ2v) is 11.4. The van der Waals surface area contributed by atoms with Gasteiger partial charge in [0, 0.05) is 36.6 Å².